The molecule has 0 aliphatic carbocycles. The zero-order valence-electron chi connectivity index (χ0n) is 17.9. The lowest BCUT2D eigenvalue weighted by Crippen LogP contribution is -2.38. The first-order chi connectivity index (χ1) is 15.7. The molecule has 0 spiro atoms. The fourth-order valence-corrected chi connectivity index (χ4v) is 3.34. The molecule has 0 saturated carbocycles. The Morgan fingerprint density at radius 3 is 2.09 bits per heavy atom. The van der Waals surface area contributed by atoms with Crippen LogP contribution in [0.5, 0.6) is 17.2 Å². The van der Waals surface area contributed by atoms with E-state index in [2.05, 4.69) is 4.98 Å². The van der Waals surface area contributed by atoms with Gasteiger partial charge in [0.05, 0.1) is 44.0 Å². The molecule has 0 aliphatic rings. The highest BCUT2D eigenvalue weighted by molar-refractivity contribution is 6.42. The van der Waals surface area contributed by atoms with Crippen LogP contribution < -0.4 is 18.9 Å². The lowest BCUT2D eigenvalue weighted by atomic mass is 10.2. The second-order valence-corrected chi connectivity index (χ2v) is 7.25. The maximum Gasteiger partial charge on any atom is 0.406 e. The Morgan fingerprint density at radius 2 is 1.55 bits per heavy atom. The third-order valence-corrected chi connectivity index (χ3v) is 5.31. The summed E-state index contributed by atoms with van der Waals surface area (Å²) in [6, 6.07) is 5.43. The fourth-order valence-electron chi connectivity index (χ4n) is 3.03. The van der Waals surface area contributed by atoms with E-state index in [4.69, 9.17) is 46.9 Å². The smallest absolute Gasteiger partial charge is 0.406 e. The van der Waals surface area contributed by atoms with Crippen LogP contribution in [0.4, 0.5) is 0 Å². The van der Waals surface area contributed by atoms with Crippen molar-refractivity contribution < 1.29 is 38.0 Å². The van der Waals surface area contributed by atoms with Gasteiger partial charge in [0, 0.05) is 6.07 Å². The first-order valence-corrected chi connectivity index (χ1v) is 9.97. The molecule has 0 radical (unpaired) electrons. The molecular weight excluding hydrogens is 479 g/mol. The SMILES string of the molecule is COC(=O)c1c(COC(=O)c2cc(OC)c(OC)c(OC)c2)nc2cc(Cl)c(Cl)cc2[n+]1[O-]. The molecule has 0 saturated heterocycles. The van der Waals surface area contributed by atoms with Crippen molar-refractivity contribution in [3.8, 4) is 17.2 Å². The van der Waals surface area contributed by atoms with E-state index in [0.29, 0.717) is 10.5 Å². The highest BCUT2D eigenvalue weighted by atomic mass is 35.5. The lowest BCUT2D eigenvalue weighted by molar-refractivity contribution is -0.581. The number of halogens is 2. The first-order valence-electron chi connectivity index (χ1n) is 9.22. The maximum atomic E-state index is 12.9. The van der Waals surface area contributed by atoms with E-state index in [1.54, 1.807) is 0 Å². The molecule has 0 atom stereocenters. The van der Waals surface area contributed by atoms with Crippen molar-refractivity contribution in [1.29, 1.82) is 0 Å². The lowest BCUT2D eigenvalue weighted by Gasteiger charge is -2.14. The Kier molecular flexibility index (Phi) is 7.29. The molecule has 10 nitrogen and oxygen atoms in total. The molecule has 3 rings (SSSR count). The number of hydrogen-bond donors (Lipinski definition) is 0. The minimum atomic E-state index is -0.968. The molecular formula is C21H18Cl2N2O8. The Balaban J connectivity index is 2.00. The minimum absolute atomic E-state index is 0.00972. The quantitative estimate of drug-likeness (QED) is 0.275. The van der Waals surface area contributed by atoms with Crippen LogP contribution >= 0.6 is 23.2 Å². The van der Waals surface area contributed by atoms with Crippen molar-refractivity contribution in [3.63, 3.8) is 0 Å². The number of carbonyl (C=O) groups is 2. The summed E-state index contributed by atoms with van der Waals surface area (Å²) in [7, 11) is 5.33. The third-order valence-electron chi connectivity index (χ3n) is 4.59. The van der Waals surface area contributed by atoms with Gasteiger partial charge in [0.25, 0.3) is 0 Å². The van der Waals surface area contributed by atoms with E-state index in [9.17, 15) is 14.8 Å². The topological polar surface area (TPSA) is 120 Å². The van der Waals surface area contributed by atoms with Gasteiger partial charge in [0.1, 0.15) is 12.1 Å². The van der Waals surface area contributed by atoms with Gasteiger partial charge < -0.3 is 28.9 Å². The molecule has 0 amide bonds. The molecule has 174 valence electrons. The second kappa shape index (κ2) is 9.97. The zero-order chi connectivity index (χ0) is 24.3. The largest absolute Gasteiger partial charge is 0.618 e. The van der Waals surface area contributed by atoms with Gasteiger partial charge in [-0.1, -0.05) is 23.2 Å². The minimum Gasteiger partial charge on any atom is -0.618 e. The number of nitrogens with zero attached hydrogens (tertiary/aromatic N) is 2. The highest BCUT2D eigenvalue weighted by Gasteiger charge is 2.29. The Hall–Kier alpha value is -3.50. The van der Waals surface area contributed by atoms with Crippen LogP contribution in [0.25, 0.3) is 11.0 Å². The molecule has 3 aromatic rings. The van der Waals surface area contributed by atoms with Crippen LogP contribution in [0.15, 0.2) is 24.3 Å². The van der Waals surface area contributed by atoms with Gasteiger partial charge in [0.15, 0.2) is 17.2 Å². The van der Waals surface area contributed by atoms with Crippen molar-refractivity contribution in [1.82, 2.24) is 4.98 Å². The number of ether oxygens (including phenoxy) is 5. The van der Waals surface area contributed by atoms with Gasteiger partial charge in [-0.15, -0.1) is 0 Å². The molecule has 33 heavy (non-hydrogen) atoms. The highest BCUT2D eigenvalue weighted by Crippen LogP contribution is 2.38. The number of esters is 2. The number of fused-ring (bicyclic) bond motifs is 1. The fraction of sp³-hybridized carbons (Fsp3) is 0.238. The number of hydrogen-bond acceptors (Lipinski definition) is 9. The van der Waals surface area contributed by atoms with Crippen molar-refractivity contribution >= 4 is 46.2 Å². The van der Waals surface area contributed by atoms with Crippen molar-refractivity contribution in [2.75, 3.05) is 28.4 Å². The summed E-state index contributed by atoms with van der Waals surface area (Å²) >= 11 is 12.0. The Bertz CT molecular complexity index is 1220. The maximum absolute atomic E-state index is 12.9. The summed E-state index contributed by atoms with van der Waals surface area (Å²) in [6.07, 6.45) is 0. The zero-order valence-corrected chi connectivity index (χ0v) is 19.4. The average Bonchev–Trinajstić information content (AvgIpc) is 2.82. The number of carbonyl (C=O) groups excluding carboxylic acids is 2. The summed E-state index contributed by atoms with van der Waals surface area (Å²) < 4.78 is 26.0. The van der Waals surface area contributed by atoms with Gasteiger partial charge in [-0.3, -0.25) is 0 Å². The van der Waals surface area contributed by atoms with Gasteiger partial charge in [-0.2, -0.15) is 4.73 Å². The van der Waals surface area contributed by atoms with Crippen molar-refractivity contribution in [3.05, 3.63) is 56.5 Å². The summed E-state index contributed by atoms with van der Waals surface area (Å²) in [4.78, 5) is 29.2. The number of methoxy groups -OCH3 is 4. The van der Waals surface area contributed by atoms with E-state index in [1.165, 1.54) is 45.6 Å². The molecule has 0 bridgehead atoms. The molecule has 0 unspecified atom stereocenters. The molecule has 0 N–H and O–H groups in total. The van der Waals surface area contributed by atoms with Crippen LogP contribution in [0.3, 0.4) is 0 Å². The van der Waals surface area contributed by atoms with E-state index >= 15 is 0 Å². The number of rotatable bonds is 7. The number of aromatic nitrogens is 2. The summed E-state index contributed by atoms with van der Waals surface area (Å²) in [5.74, 6) is -0.981. The van der Waals surface area contributed by atoms with E-state index in [1.807, 2.05) is 0 Å². The van der Waals surface area contributed by atoms with E-state index < -0.39 is 24.2 Å². The molecule has 1 heterocycles. The monoisotopic (exact) mass is 496 g/mol. The molecule has 0 aliphatic heterocycles. The standard InChI is InChI=1S/C21H18Cl2N2O8/c1-29-16-5-10(6-17(30-2)19(16)31-3)20(26)33-9-14-18(21(27)32-4)25(28)15-8-12(23)11(22)7-13(15)24-14/h5-8H,9H2,1-4H3. The van der Waals surface area contributed by atoms with Crippen LogP contribution in [-0.4, -0.2) is 45.4 Å². The van der Waals surface area contributed by atoms with Gasteiger partial charge in [-0.25, -0.2) is 14.6 Å². The van der Waals surface area contributed by atoms with Crippen molar-refractivity contribution in [2.45, 2.75) is 6.61 Å². The summed E-state index contributed by atoms with van der Waals surface area (Å²) in [5.41, 5.74) is -0.380. The average molecular weight is 497 g/mol. The molecule has 1 aromatic heterocycles. The van der Waals surface area contributed by atoms with Crippen LogP contribution in [0.1, 0.15) is 26.5 Å². The predicted octanol–water partition coefficient (Wildman–Crippen LogP) is 3.34. The summed E-state index contributed by atoms with van der Waals surface area (Å²) in [6.45, 7) is -0.516. The van der Waals surface area contributed by atoms with Gasteiger partial charge in [0.2, 0.25) is 11.3 Å². The first kappa shape index (κ1) is 24.1. The van der Waals surface area contributed by atoms with E-state index in [-0.39, 0.29) is 43.8 Å². The third kappa shape index (κ3) is 4.67. The van der Waals surface area contributed by atoms with Crippen LogP contribution in [-0.2, 0) is 16.1 Å². The normalized spacial score (nSPS) is 10.6. The van der Waals surface area contributed by atoms with Gasteiger partial charge in [-0.05, 0) is 18.2 Å². The Labute approximate surface area is 198 Å². The van der Waals surface area contributed by atoms with Crippen LogP contribution in [0, 0.1) is 5.21 Å². The van der Waals surface area contributed by atoms with Crippen LogP contribution in [0.2, 0.25) is 10.0 Å². The van der Waals surface area contributed by atoms with Gasteiger partial charge >= 0.3 is 17.6 Å². The van der Waals surface area contributed by atoms with Crippen molar-refractivity contribution in [2.24, 2.45) is 0 Å². The molecule has 12 heteroatoms. The summed E-state index contributed by atoms with van der Waals surface area (Å²) in [5, 5.41) is 13.1. The molecule has 2 aromatic carbocycles. The molecule has 0 fully saturated rings. The second-order valence-electron chi connectivity index (χ2n) is 6.44. The predicted molar refractivity (Wildman–Crippen MR) is 117 cm³/mol. The van der Waals surface area contributed by atoms with E-state index in [0.717, 1.165) is 7.11 Å². The number of benzene rings is 2. The Morgan fingerprint density at radius 1 is 0.939 bits per heavy atom.